The molecule has 6 atom stereocenters. The van der Waals surface area contributed by atoms with Crippen LogP contribution >= 0.6 is 0 Å². The number of fused-ring (bicyclic) bond motifs is 8. The molecule has 0 aliphatic carbocycles. The molecule has 0 saturated carbocycles. The average Bonchev–Trinajstić information content (AvgIpc) is 4.17. The maximum atomic E-state index is 14.8. The number of carbonyl (C=O) groups is 6. The highest BCUT2D eigenvalue weighted by molar-refractivity contribution is 5.97. The number of likely N-dealkylation sites (N-methyl/N-ethyl adjacent to an activating group) is 1. The normalized spacial score (nSPS) is 18.3. The van der Waals surface area contributed by atoms with Gasteiger partial charge in [-0.1, -0.05) is 83.7 Å². The molecular weight excluding hydrogens is 994 g/mol. The van der Waals surface area contributed by atoms with E-state index in [1.54, 1.807) is 31.9 Å². The largest absolute Gasteiger partial charge is 0.382 e. The molecule has 2 fully saturated rings. The van der Waals surface area contributed by atoms with E-state index in [0.29, 0.717) is 72.3 Å². The first-order valence-electron chi connectivity index (χ1n) is 27.6. The number of hydrogen-bond donors (Lipinski definition) is 6. The zero-order chi connectivity index (χ0) is 56.3. The molecule has 3 aliphatic rings. The number of hydrogen-bond acceptors (Lipinski definition) is 12. The van der Waals surface area contributed by atoms with Gasteiger partial charge in [0.1, 0.15) is 29.8 Å². The molecule has 2 aromatic carbocycles. The van der Waals surface area contributed by atoms with Gasteiger partial charge in [0.2, 0.25) is 29.5 Å². The van der Waals surface area contributed by atoms with E-state index in [9.17, 15) is 38.4 Å². The molecule has 0 spiro atoms. The van der Waals surface area contributed by atoms with Crippen molar-refractivity contribution in [1.29, 1.82) is 5.26 Å². The van der Waals surface area contributed by atoms with Crippen molar-refractivity contribution in [2.75, 3.05) is 44.4 Å². The maximum Gasteiger partial charge on any atom is 0.254 e. The highest BCUT2D eigenvalue weighted by atomic mass is 19.1. The van der Waals surface area contributed by atoms with Gasteiger partial charge in [-0.05, 0) is 93.3 Å². The SMILES string of the molecule is CC[C@H](NC(=O)[C@H]1C[C@@H](NC(=O)CCCCCCCCC(=O)NCCn2nc(C#N)c3c2CN(C)C(=O)c2ccc(F)cc2[C@H]2CCCN2c2cc-3cnc2N)CN1C(=O)[C@H](NC(=O)[C@@H](C)NC)C(C)(C)C)c1ccccc1. The Morgan fingerprint density at radius 1 is 0.962 bits per heavy atom. The summed E-state index contributed by atoms with van der Waals surface area (Å²) < 4.78 is 16.4. The number of rotatable bonds is 21. The average molecular weight is 1070 g/mol. The highest BCUT2D eigenvalue weighted by Gasteiger charge is 2.46. The number of nitrogens with one attached hydrogen (secondary N) is 5. The number of aromatic nitrogens is 3. The Morgan fingerprint density at radius 3 is 2.35 bits per heavy atom. The van der Waals surface area contributed by atoms with E-state index in [1.165, 1.54) is 28.0 Å². The van der Waals surface area contributed by atoms with Crippen molar-refractivity contribution in [2.45, 2.75) is 161 Å². The summed E-state index contributed by atoms with van der Waals surface area (Å²) in [4.78, 5) is 91.7. The van der Waals surface area contributed by atoms with Crippen LogP contribution in [0.1, 0.15) is 157 Å². The van der Waals surface area contributed by atoms with Gasteiger partial charge in [0, 0.05) is 68.5 Å². The van der Waals surface area contributed by atoms with E-state index < -0.39 is 35.4 Å². The monoisotopic (exact) mass is 1070 g/mol. The van der Waals surface area contributed by atoms with Crippen LogP contribution in [0.4, 0.5) is 15.9 Å². The van der Waals surface area contributed by atoms with Crippen LogP contribution in [0.3, 0.4) is 0 Å². The van der Waals surface area contributed by atoms with Crippen LogP contribution < -0.4 is 37.2 Å². The topological polar surface area (TPSA) is 253 Å². The fraction of sp³-hybridized carbons (Fsp3) is 0.534. The summed E-state index contributed by atoms with van der Waals surface area (Å²) in [6.45, 7) is 10.6. The summed E-state index contributed by atoms with van der Waals surface area (Å²) in [6.07, 6.45) is 9.29. The van der Waals surface area contributed by atoms with Crippen molar-refractivity contribution in [3.63, 3.8) is 0 Å². The smallest absolute Gasteiger partial charge is 0.254 e. The Labute approximate surface area is 457 Å². The van der Waals surface area contributed by atoms with E-state index in [0.717, 1.165) is 37.7 Å². The minimum atomic E-state index is -0.921. The Kier molecular flexibility index (Phi) is 19.7. The number of halogens is 1. The first kappa shape index (κ1) is 58.3. The Bertz CT molecular complexity index is 2850. The molecular formula is C58H78FN13O6. The molecule has 2 bridgehead atoms. The van der Waals surface area contributed by atoms with E-state index >= 15 is 0 Å². The predicted molar refractivity (Wildman–Crippen MR) is 296 cm³/mol. The van der Waals surface area contributed by atoms with Crippen molar-refractivity contribution in [2.24, 2.45) is 5.41 Å². The van der Waals surface area contributed by atoms with Crippen molar-refractivity contribution < 1.29 is 33.2 Å². The third-order valence-electron chi connectivity index (χ3n) is 15.4. The molecule has 7 N–H and O–H groups in total. The molecule has 2 aromatic heterocycles. The Balaban J connectivity index is 0.883. The third kappa shape index (κ3) is 14.0. The molecule has 0 unspecified atom stereocenters. The van der Waals surface area contributed by atoms with E-state index in [-0.39, 0.29) is 98.1 Å². The lowest BCUT2D eigenvalue weighted by Gasteiger charge is -2.36. The Morgan fingerprint density at radius 2 is 1.67 bits per heavy atom. The van der Waals surface area contributed by atoms with E-state index in [1.807, 2.05) is 64.1 Å². The van der Waals surface area contributed by atoms with Gasteiger partial charge in [-0.25, -0.2) is 9.37 Å². The number of nitriles is 1. The lowest BCUT2D eigenvalue weighted by molar-refractivity contribution is -0.144. The molecule has 19 nitrogen and oxygen atoms in total. The molecule has 3 aliphatic heterocycles. The fourth-order valence-electron chi connectivity index (χ4n) is 10.9. The molecule has 20 heteroatoms. The third-order valence-corrected chi connectivity index (χ3v) is 15.4. The quantitative estimate of drug-likeness (QED) is 0.0511. The molecule has 6 amide bonds. The standard InChI is InChI=1S/C58H78FN13O6/c1-8-43(37-19-14-13-15-20-37)66-55(76)47-31-40(34-71(47)57(78)52(58(3,4)5)67-54(75)36(2)62-6)65-50(74)23-17-12-10-9-11-16-22-49(73)63-26-28-72-48-35-69(7)56(77)41-25-24-39(59)30-42(41)45-21-18-27-70(45)46-29-38(33-64-53(46)61)51(48)44(32-60)68-72/h13-15,19-20,24-25,29-30,33,36,40,43,45,47,52,62H,8-12,16-18,21-23,26-28,31,34-35H2,1-7H3,(H2,61,64)(H,63,73)(H,65,74)(H,66,76)(H,67,75)/t36-,40-,43+,45-,47-,52+/m1/s1. The lowest BCUT2D eigenvalue weighted by Crippen LogP contribution is -2.59. The van der Waals surface area contributed by atoms with Gasteiger partial charge in [0.15, 0.2) is 5.69 Å². The molecule has 418 valence electrons. The van der Waals surface area contributed by atoms with Crippen LogP contribution in [-0.4, -0.2) is 118 Å². The number of carbonyl (C=O) groups excluding carboxylic acids is 6. The van der Waals surface area contributed by atoms with E-state index in [4.69, 9.17) is 5.73 Å². The second kappa shape index (κ2) is 26.3. The van der Waals surface area contributed by atoms with Crippen LogP contribution in [-0.2, 0) is 37.1 Å². The van der Waals surface area contributed by atoms with Crippen molar-refractivity contribution in [1.82, 2.24) is 51.1 Å². The molecule has 2 saturated heterocycles. The zero-order valence-electron chi connectivity index (χ0n) is 46.3. The van der Waals surface area contributed by atoms with Crippen LogP contribution in [0.15, 0.2) is 60.8 Å². The first-order valence-corrected chi connectivity index (χ1v) is 27.6. The molecule has 0 radical (unpaired) electrons. The van der Waals surface area contributed by atoms with Gasteiger partial charge in [0.25, 0.3) is 5.91 Å². The number of amides is 6. The number of unbranched alkanes of at least 4 members (excludes halogenated alkanes) is 5. The molecule has 4 aromatic rings. The van der Waals surface area contributed by atoms with Crippen LogP contribution in [0.5, 0.6) is 0 Å². The summed E-state index contributed by atoms with van der Waals surface area (Å²) in [5.74, 6) is -1.78. The van der Waals surface area contributed by atoms with Crippen molar-refractivity contribution in [3.8, 4) is 17.2 Å². The fourth-order valence-corrected chi connectivity index (χ4v) is 10.9. The Hall–Kier alpha value is -7.40. The maximum absolute atomic E-state index is 14.8. The second-order valence-electron chi connectivity index (χ2n) is 22.1. The summed E-state index contributed by atoms with van der Waals surface area (Å²) in [5, 5.41) is 30.0. The number of benzene rings is 2. The summed E-state index contributed by atoms with van der Waals surface area (Å²) in [5.41, 5.74) is 10.2. The molecule has 7 rings (SSSR count). The van der Waals surface area contributed by atoms with Crippen molar-refractivity contribution >= 4 is 46.9 Å². The van der Waals surface area contributed by atoms with E-state index in [2.05, 4.69) is 47.6 Å². The lowest BCUT2D eigenvalue weighted by atomic mass is 9.85. The minimum Gasteiger partial charge on any atom is -0.382 e. The summed E-state index contributed by atoms with van der Waals surface area (Å²) in [7, 11) is 3.33. The summed E-state index contributed by atoms with van der Waals surface area (Å²) in [6, 6.07) is 14.6. The van der Waals surface area contributed by atoms with Crippen LogP contribution in [0.25, 0.3) is 11.1 Å². The van der Waals surface area contributed by atoms with Gasteiger partial charge < -0.3 is 47.0 Å². The number of nitrogen functional groups attached to an aromatic ring is 1. The van der Waals surface area contributed by atoms with Gasteiger partial charge in [-0.15, -0.1) is 0 Å². The minimum absolute atomic E-state index is 0.0716. The van der Waals surface area contributed by atoms with Crippen molar-refractivity contribution in [3.05, 3.63) is 94.7 Å². The van der Waals surface area contributed by atoms with Gasteiger partial charge >= 0.3 is 0 Å². The van der Waals surface area contributed by atoms with Crippen LogP contribution in [0.2, 0.25) is 0 Å². The van der Waals surface area contributed by atoms with Gasteiger partial charge in [-0.3, -0.25) is 33.4 Å². The molecule has 78 heavy (non-hydrogen) atoms. The molecule has 5 heterocycles. The predicted octanol–water partition coefficient (Wildman–Crippen LogP) is 6.19. The number of nitrogens with zero attached hydrogens (tertiary/aromatic N) is 7. The summed E-state index contributed by atoms with van der Waals surface area (Å²) >= 11 is 0. The number of nitrogens with two attached hydrogens (primary N) is 1. The number of anilines is 2. The zero-order valence-corrected chi connectivity index (χ0v) is 46.3. The van der Waals surface area contributed by atoms with Gasteiger partial charge in [-0.2, -0.15) is 10.4 Å². The number of pyridine rings is 1. The van der Waals surface area contributed by atoms with Crippen LogP contribution in [0, 0.1) is 22.6 Å². The highest BCUT2D eigenvalue weighted by Crippen LogP contribution is 2.43. The first-order chi connectivity index (χ1) is 37.3. The number of likely N-dealkylation sites (tertiary alicyclic amines) is 1. The van der Waals surface area contributed by atoms with Gasteiger partial charge in [0.05, 0.1) is 42.6 Å². The second-order valence-corrected chi connectivity index (χ2v) is 22.1.